The number of rotatable bonds is 6. The summed E-state index contributed by atoms with van der Waals surface area (Å²) < 4.78 is 68.1. The summed E-state index contributed by atoms with van der Waals surface area (Å²) in [5, 5.41) is 0. The highest BCUT2D eigenvalue weighted by atomic mass is 32.2. The average molecular weight is 459 g/mol. The zero-order valence-corrected chi connectivity index (χ0v) is 17.2. The minimum atomic E-state index is -3.95. The van der Waals surface area contributed by atoms with Gasteiger partial charge in [-0.15, -0.1) is 0 Å². The third kappa shape index (κ3) is 4.62. The number of nitrogens with zero attached hydrogens (tertiary/aromatic N) is 3. The Kier molecular flexibility index (Phi) is 5.66. The van der Waals surface area contributed by atoms with Gasteiger partial charge in [0.25, 0.3) is 0 Å². The van der Waals surface area contributed by atoms with Crippen LogP contribution in [0.4, 0.5) is 24.8 Å². The van der Waals surface area contributed by atoms with E-state index in [0.717, 1.165) is 18.2 Å². The van der Waals surface area contributed by atoms with Crippen molar-refractivity contribution in [3.05, 3.63) is 77.5 Å². The fourth-order valence-corrected chi connectivity index (χ4v) is 4.32. The lowest BCUT2D eigenvalue weighted by Crippen LogP contribution is -2.16. The monoisotopic (exact) mass is 459 g/mol. The summed E-state index contributed by atoms with van der Waals surface area (Å²) in [6, 6.07) is 10.1. The number of aromatic nitrogens is 3. The van der Waals surface area contributed by atoms with Crippen molar-refractivity contribution < 1.29 is 21.6 Å². The van der Waals surface area contributed by atoms with Gasteiger partial charge in [0.2, 0.25) is 16.0 Å². The molecule has 0 spiro atoms. The summed E-state index contributed by atoms with van der Waals surface area (Å²) in [5.41, 5.74) is 6.95. The molecule has 7 nitrogen and oxygen atoms in total. The number of nitrogens with one attached hydrogen (secondary N) is 1. The Morgan fingerprint density at radius 2 is 1.75 bits per heavy atom. The molecule has 0 aliphatic rings. The van der Waals surface area contributed by atoms with Gasteiger partial charge < -0.3 is 5.73 Å². The third-order valence-electron chi connectivity index (χ3n) is 4.59. The summed E-state index contributed by atoms with van der Waals surface area (Å²) in [4.78, 5) is 12.1. The van der Waals surface area contributed by atoms with Gasteiger partial charge >= 0.3 is 0 Å². The van der Waals surface area contributed by atoms with Gasteiger partial charge in [-0.3, -0.25) is 4.72 Å². The van der Waals surface area contributed by atoms with Crippen LogP contribution in [0.1, 0.15) is 11.1 Å². The van der Waals surface area contributed by atoms with Gasteiger partial charge in [-0.05, 0) is 35.9 Å². The second-order valence-electron chi connectivity index (χ2n) is 6.94. The lowest BCUT2D eigenvalue weighted by Gasteiger charge is -2.11. The van der Waals surface area contributed by atoms with Crippen molar-refractivity contribution in [1.29, 1.82) is 0 Å². The predicted molar refractivity (Wildman–Crippen MR) is 115 cm³/mol. The molecular weight excluding hydrogens is 443 g/mol. The number of alkyl halides is 1. The number of nitrogen functional groups attached to an aromatic ring is 1. The van der Waals surface area contributed by atoms with Gasteiger partial charge in [0.05, 0.1) is 23.3 Å². The van der Waals surface area contributed by atoms with E-state index in [1.165, 1.54) is 36.5 Å². The van der Waals surface area contributed by atoms with Gasteiger partial charge in [0.15, 0.2) is 0 Å². The number of sulfonamides is 1. The lowest BCUT2D eigenvalue weighted by atomic mass is 10.1. The van der Waals surface area contributed by atoms with Crippen LogP contribution in [0.2, 0.25) is 0 Å². The lowest BCUT2D eigenvalue weighted by molar-refractivity contribution is 0.487. The van der Waals surface area contributed by atoms with Gasteiger partial charge in [-0.2, -0.15) is 0 Å². The van der Waals surface area contributed by atoms with Crippen molar-refractivity contribution in [2.24, 2.45) is 0 Å². The first-order valence-corrected chi connectivity index (χ1v) is 10.9. The zero-order chi connectivity index (χ0) is 22.9. The van der Waals surface area contributed by atoms with E-state index in [1.54, 1.807) is 0 Å². The van der Waals surface area contributed by atoms with Crippen molar-refractivity contribution in [3.8, 4) is 11.3 Å². The number of anilines is 2. The maximum atomic E-state index is 14.7. The molecule has 3 N–H and O–H groups in total. The predicted octanol–water partition coefficient (Wildman–Crippen LogP) is 3.96. The van der Waals surface area contributed by atoms with Crippen molar-refractivity contribution in [2.75, 3.05) is 10.5 Å². The molecule has 0 bridgehead atoms. The molecule has 0 fully saturated rings. The Bertz CT molecular complexity index is 1410. The van der Waals surface area contributed by atoms with E-state index >= 15 is 0 Å². The second kappa shape index (κ2) is 8.42. The van der Waals surface area contributed by atoms with Crippen molar-refractivity contribution >= 4 is 32.7 Å². The number of pyridine rings is 1. The highest BCUT2D eigenvalue weighted by molar-refractivity contribution is 7.91. The molecule has 11 heteroatoms. The first-order valence-electron chi connectivity index (χ1n) is 9.27. The molecule has 164 valence electrons. The molecule has 2 aromatic carbocycles. The summed E-state index contributed by atoms with van der Waals surface area (Å²) in [7, 11) is -3.95. The van der Waals surface area contributed by atoms with Gasteiger partial charge in [0.1, 0.15) is 29.3 Å². The molecule has 32 heavy (non-hydrogen) atoms. The molecule has 4 aromatic rings. The fourth-order valence-electron chi connectivity index (χ4n) is 3.11. The minimum Gasteiger partial charge on any atom is -0.368 e. The van der Waals surface area contributed by atoms with E-state index in [4.69, 9.17) is 5.73 Å². The van der Waals surface area contributed by atoms with Gasteiger partial charge in [-0.25, -0.2) is 36.5 Å². The van der Waals surface area contributed by atoms with E-state index < -0.39 is 34.1 Å². The van der Waals surface area contributed by atoms with Crippen molar-refractivity contribution in [2.45, 2.75) is 12.4 Å². The van der Waals surface area contributed by atoms with Crippen LogP contribution in [0.5, 0.6) is 0 Å². The quantitative estimate of drug-likeness (QED) is 0.452. The number of hydrogen-bond acceptors (Lipinski definition) is 6. The van der Waals surface area contributed by atoms with E-state index in [2.05, 4.69) is 19.7 Å². The summed E-state index contributed by atoms with van der Waals surface area (Å²) >= 11 is 0. The van der Waals surface area contributed by atoms with Crippen molar-refractivity contribution in [3.63, 3.8) is 0 Å². The van der Waals surface area contributed by atoms with E-state index in [9.17, 15) is 21.6 Å². The fraction of sp³-hybridized carbons (Fsp3) is 0.0952. The number of hydrogen-bond donors (Lipinski definition) is 2. The van der Waals surface area contributed by atoms with Crippen molar-refractivity contribution in [1.82, 2.24) is 15.0 Å². The van der Waals surface area contributed by atoms with Crippen LogP contribution >= 0.6 is 0 Å². The molecule has 0 aliphatic heterocycles. The van der Waals surface area contributed by atoms with Gasteiger partial charge in [-0.1, -0.05) is 18.2 Å². The molecule has 0 unspecified atom stereocenters. The van der Waals surface area contributed by atoms with Crippen LogP contribution in [0.25, 0.3) is 22.3 Å². The Hall–Kier alpha value is -3.73. The number of benzene rings is 2. The van der Waals surface area contributed by atoms with Crippen LogP contribution in [0.3, 0.4) is 0 Å². The molecule has 0 saturated heterocycles. The third-order valence-corrected chi connectivity index (χ3v) is 5.83. The maximum absolute atomic E-state index is 14.7. The number of halogens is 3. The highest BCUT2D eigenvalue weighted by Gasteiger charge is 2.16. The molecule has 0 aliphatic carbocycles. The average Bonchev–Trinajstić information content (AvgIpc) is 2.75. The Balaban J connectivity index is 1.62. The topological polar surface area (TPSA) is 111 Å². The first-order chi connectivity index (χ1) is 15.2. The molecule has 2 heterocycles. The molecular formula is C21H16F3N5O2S. The van der Waals surface area contributed by atoms with Crippen LogP contribution in [-0.2, 0) is 22.5 Å². The molecule has 0 atom stereocenters. The van der Waals surface area contributed by atoms with Crippen LogP contribution in [0, 0.1) is 11.6 Å². The maximum Gasteiger partial charge on any atom is 0.237 e. The molecule has 0 saturated carbocycles. The number of nitrogens with two attached hydrogens (primary N) is 1. The molecule has 4 rings (SSSR count). The van der Waals surface area contributed by atoms with E-state index in [1.807, 2.05) is 0 Å². The molecule has 2 aromatic heterocycles. The van der Waals surface area contributed by atoms with E-state index in [0.29, 0.717) is 11.1 Å². The summed E-state index contributed by atoms with van der Waals surface area (Å²) in [6.07, 6.45) is 1.34. The van der Waals surface area contributed by atoms with E-state index in [-0.39, 0.29) is 33.9 Å². The zero-order valence-electron chi connectivity index (χ0n) is 16.4. The van der Waals surface area contributed by atoms with Crippen LogP contribution in [-0.4, -0.2) is 23.4 Å². The molecule has 0 amide bonds. The highest BCUT2D eigenvalue weighted by Crippen LogP contribution is 2.28. The van der Waals surface area contributed by atoms with Gasteiger partial charge in [0, 0.05) is 11.1 Å². The van der Waals surface area contributed by atoms with Crippen LogP contribution < -0.4 is 10.5 Å². The number of fused-ring (bicyclic) bond motifs is 1. The smallest absolute Gasteiger partial charge is 0.237 e. The normalized spacial score (nSPS) is 11.6. The Morgan fingerprint density at radius 3 is 2.44 bits per heavy atom. The first kappa shape index (κ1) is 21.5. The second-order valence-corrected chi connectivity index (χ2v) is 8.67. The molecule has 0 radical (unpaired) electrons. The Morgan fingerprint density at radius 1 is 1.00 bits per heavy atom. The standard InChI is InChI=1S/C21H16F3N5O2S/c22-9-14-8-18(27-19-10-26-21(25)28-20(14)19)13-3-6-17(16(24)7-13)29-32(30,31)11-12-1-4-15(23)5-2-12/h1-8,10,29H,9,11H2,(H2,25,26,28). The Labute approximate surface area is 181 Å². The summed E-state index contributed by atoms with van der Waals surface area (Å²) in [6.45, 7) is -0.841. The van der Waals surface area contributed by atoms with Crippen LogP contribution in [0.15, 0.2) is 54.7 Å². The SMILES string of the molecule is Nc1ncc2nc(-c3ccc(NS(=O)(=O)Cc4ccc(F)cc4)c(F)c3)cc(CF)c2n1. The summed E-state index contributed by atoms with van der Waals surface area (Å²) in [5.74, 6) is -1.81. The minimum absolute atomic E-state index is 0.0231. The largest absolute Gasteiger partial charge is 0.368 e.